The van der Waals surface area contributed by atoms with Gasteiger partial charge in [-0.25, -0.2) is 4.98 Å². The first-order valence-electron chi connectivity index (χ1n) is 5.15. The maximum absolute atomic E-state index is 8.90. The van der Waals surface area contributed by atoms with E-state index in [1.165, 1.54) is 0 Å². The van der Waals surface area contributed by atoms with Crippen LogP contribution in [0.15, 0.2) is 18.3 Å². The molecule has 1 aliphatic heterocycles. The summed E-state index contributed by atoms with van der Waals surface area (Å²) in [6, 6.07) is 5.78. The first-order chi connectivity index (χ1) is 7.83. The van der Waals surface area contributed by atoms with Crippen molar-refractivity contribution < 1.29 is 9.84 Å². The average Bonchev–Trinajstić information content (AvgIpc) is 2.39. The number of anilines is 1. The second-order valence-electron chi connectivity index (χ2n) is 3.62. The van der Waals surface area contributed by atoms with Crippen LogP contribution < -0.4 is 4.90 Å². The molecule has 0 aliphatic carbocycles. The van der Waals surface area contributed by atoms with Crippen LogP contribution in [0.1, 0.15) is 5.56 Å². The molecule has 1 fully saturated rings. The van der Waals surface area contributed by atoms with E-state index in [1.807, 2.05) is 17.0 Å². The molecule has 0 amide bonds. The molecule has 5 nitrogen and oxygen atoms in total. The third-order valence-corrected chi connectivity index (χ3v) is 2.53. The van der Waals surface area contributed by atoms with E-state index < -0.39 is 0 Å². The van der Waals surface area contributed by atoms with Crippen molar-refractivity contribution in [2.75, 3.05) is 24.6 Å². The van der Waals surface area contributed by atoms with Crippen LogP contribution in [0.2, 0.25) is 0 Å². The van der Waals surface area contributed by atoms with Crippen molar-refractivity contribution >= 4 is 5.82 Å². The molecule has 1 atom stereocenters. The lowest BCUT2D eigenvalue weighted by molar-refractivity contribution is 0.0761. The van der Waals surface area contributed by atoms with Crippen molar-refractivity contribution in [3.63, 3.8) is 0 Å². The largest absolute Gasteiger partial charge is 0.392 e. The van der Waals surface area contributed by atoms with E-state index >= 15 is 0 Å². The number of hydrogen-bond acceptors (Lipinski definition) is 5. The molecule has 0 radical (unpaired) electrons. The average molecular weight is 219 g/mol. The number of hydrogen-bond donors (Lipinski definition) is 1. The lowest BCUT2D eigenvalue weighted by Crippen LogP contribution is -2.42. The molecule has 5 heteroatoms. The summed E-state index contributed by atoms with van der Waals surface area (Å²) < 4.78 is 5.25. The molecule has 1 aliphatic rings. The zero-order chi connectivity index (χ0) is 11.4. The van der Waals surface area contributed by atoms with Crippen LogP contribution in [0.25, 0.3) is 0 Å². The maximum atomic E-state index is 8.90. The van der Waals surface area contributed by atoms with E-state index in [0.717, 1.165) is 17.9 Å². The van der Waals surface area contributed by atoms with E-state index in [1.54, 1.807) is 6.20 Å². The van der Waals surface area contributed by atoms with Crippen LogP contribution in [-0.2, 0) is 11.3 Å². The Labute approximate surface area is 93.9 Å². The number of aromatic nitrogens is 1. The Kier molecular flexibility index (Phi) is 3.34. The zero-order valence-corrected chi connectivity index (χ0v) is 8.83. The smallest absolute Gasteiger partial charge is 0.161 e. The minimum absolute atomic E-state index is 0.00277. The molecule has 0 spiro atoms. The van der Waals surface area contributed by atoms with Crippen molar-refractivity contribution in [2.24, 2.45) is 0 Å². The van der Waals surface area contributed by atoms with Crippen molar-refractivity contribution in [3.8, 4) is 6.07 Å². The zero-order valence-electron chi connectivity index (χ0n) is 8.83. The van der Waals surface area contributed by atoms with Gasteiger partial charge in [0, 0.05) is 12.7 Å². The second-order valence-corrected chi connectivity index (χ2v) is 3.62. The predicted molar refractivity (Wildman–Crippen MR) is 57.7 cm³/mol. The van der Waals surface area contributed by atoms with E-state index in [-0.39, 0.29) is 12.7 Å². The Morgan fingerprint density at radius 1 is 1.62 bits per heavy atom. The van der Waals surface area contributed by atoms with E-state index in [2.05, 4.69) is 11.1 Å². The van der Waals surface area contributed by atoms with Gasteiger partial charge in [0.25, 0.3) is 0 Å². The highest BCUT2D eigenvalue weighted by molar-refractivity contribution is 5.40. The summed E-state index contributed by atoms with van der Waals surface area (Å²) in [5.41, 5.74) is 0.786. The minimum Gasteiger partial charge on any atom is -0.392 e. The van der Waals surface area contributed by atoms with Crippen LogP contribution in [0.3, 0.4) is 0 Å². The van der Waals surface area contributed by atoms with Crippen LogP contribution >= 0.6 is 0 Å². The van der Waals surface area contributed by atoms with Gasteiger partial charge in [0.05, 0.1) is 25.8 Å². The van der Waals surface area contributed by atoms with Gasteiger partial charge in [0.15, 0.2) is 6.10 Å². The molecule has 1 aromatic rings. The number of aliphatic hydroxyl groups excluding tert-OH is 1. The van der Waals surface area contributed by atoms with Crippen LogP contribution in [0, 0.1) is 11.3 Å². The number of ether oxygens (including phenoxy) is 1. The molecule has 2 rings (SSSR count). The third kappa shape index (κ3) is 2.30. The molecule has 0 aromatic carbocycles. The fraction of sp³-hybridized carbons (Fsp3) is 0.455. The van der Waals surface area contributed by atoms with Crippen LogP contribution in [0.4, 0.5) is 5.82 Å². The van der Waals surface area contributed by atoms with Gasteiger partial charge >= 0.3 is 0 Å². The molecule has 16 heavy (non-hydrogen) atoms. The molecule has 2 heterocycles. The summed E-state index contributed by atoms with van der Waals surface area (Å²) in [4.78, 5) is 6.26. The highest BCUT2D eigenvalue weighted by atomic mass is 16.5. The summed E-state index contributed by atoms with van der Waals surface area (Å²) in [6.45, 7) is 1.82. The van der Waals surface area contributed by atoms with Gasteiger partial charge < -0.3 is 14.7 Å². The van der Waals surface area contributed by atoms with Crippen molar-refractivity contribution in [3.05, 3.63) is 23.9 Å². The summed E-state index contributed by atoms with van der Waals surface area (Å²) in [7, 11) is 0. The molecule has 1 aromatic heterocycles. The SMILES string of the molecule is N#CC1CN(c2ccc(CO)cn2)CCO1. The van der Waals surface area contributed by atoms with Gasteiger partial charge in [-0.1, -0.05) is 6.07 Å². The van der Waals surface area contributed by atoms with Gasteiger partial charge in [-0.2, -0.15) is 5.26 Å². The van der Waals surface area contributed by atoms with Crippen molar-refractivity contribution in [1.82, 2.24) is 4.98 Å². The van der Waals surface area contributed by atoms with Gasteiger partial charge in [0.2, 0.25) is 0 Å². The molecule has 1 unspecified atom stereocenters. The lowest BCUT2D eigenvalue weighted by Gasteiger charge is -2.30. The van der Waals surface area contributed by atoms with Gasteiger partial charge in [-0.05, 0) is 11.6 Å². The standard InChI is InChI=1S/C11H13N3O2/c12-5-10-7-14(3-4-16-10)11-2-1-9(8-15)6-13-11/h1-2,6,10,15H,3-4,7-8H2. The molecule has 1 saturated heterocycles. The first kappa shape index (κ1) is 10.9. The predicted octanol–water partition coefficient (Wildman–Crippen LogP) is 0.303. The Morgan fingerprint density at radius 3 is 3.12 bits per heavy atom. The topological polar surface area (TPSA) is 69.4 Å². The fourth-order valence-electron chi connectivity index (χ4n) is 1.63. The summed E-state index contributed by atoms with van der Waals surface area (Å²) in [5.74, 6) is 0.820. The number of rotatable bonds is 2. The fourth-order valence-corrected chi connectivity index (χ4v) is 1.63. The quantitative estimate of drug-likeness (QED) is 0.774. The maximum Gasteiger partial charge on any atom is 0.161 e. The van der Waals surface area contributed by atoms with Gasteiger partial charge in [0.1, 0.15) is 5.82 Å². The molecule has 84 valence electrons. The Hall–Kier alpha value is -1.64. The Morgan fingerprint density at radius 2 is 2.50 bits per heavy atom. The molecular weight excluding hydrogens is 206 g/mol. The number of nitrogens with zero attached hydrogens (tertiary/aromatic N) is 3. The van der Waals surface area contributed by atoms with Gasteiger partial charge in [-0.15, -0.1) is 0 Å². The summed E-state index contributed by atoms with van der Waals surface area (Å²) >= 11 is 0. The normalized spacial score (nSPS) is 20.5. The van der Waals surface area contributed by atoms with E-state index in [0.29, 0.717) is 13.2 Å². The highest BCUT2D eigenvalue weighted by Gasteiger charge is 2.20. The monoisotopic (exact) mass is 219 g/mol. The molecule has 0 saturated carbocycles. The van der Waals surface area contributed by atoms with Gasteiger partial charge in [-0.3, -0.25) is 0 Å². The summed E-state index contributed by atoms with van der Waals surface area (Å²) in [5, 5.41) is 17.7. The Bertz CT molecular complexity index is 385. The van der Waals surface area contributed by atoms with E-state index in [9.17, 15) is 0 Å². The van der Waals surface area contributed by atoms with Crippen molar-refractivity contribution in [2.45, 2.75) is 12.7 Å². The Balaban J connectivity index is 2.08. The minimum atomic E-state index is -0.381. The highest BCUT2D eigenvalue weighted by Crippen LogP contribution is 2.15. The van der Waals surface area contributed by atoms with Crippen LogP contribution in [0.5, 0.6) is 0 Å². The van der Waals surface area contributed by atoms with Crippen molar-refractivity contribution in [1.29, 1.82) is 5.26 Å². The number of nitriles is 1. The number of pyridine rings is 1. The van der Waals surface area contributed by atoms with Crippen LogP contribution in [-0.4, -0.2) is 35.9 Å². The first-order valence-corrected chi connectivity index (χ1v) is 5.15. The lowest BCUT2D eigenvalue weighted by atomic mass is 10.2. The number of aliphatic hydroxyl groups is 1. The van der Waals surface area contributed by atoms with E-state index in [4.69, 9.17) is 15.1 Å². The molecular formula is C11H13N3O2. The molecule has 0 bridgehead atoms. The second kappa shape index (κ2) is 4.92. The number of morpholine rings is 1. The molecule has 1 N–H and O–H groups in total. The third-order valence-electron chi connectivity index (χ3n) is 2.53. The summed E-state index contributed by atoms with van der Waals surface area (Å²) in [6.07, 6.45) is 1.26.